The number of Topliss-reactive ketones (excluding diaryl/α,β-unsaturated/α-hetero) is 1. The van der Waals surface area contributed by atoms with E-state index in [-0.39, 0.29) is 61.0 Å². The van der Waals surface area contributed by atoms with Gasteiger partial charge in [0.05, 0.1) is 42.1 Å². The van der Waals surface area contributed by atoms with Gasteiger partial charge in [-0.1, -0.05) is 90.2 Å². The van der Waals surface area contributed by atoms with Gasteiger partial charge in [0, 0.05) is 25.6 Å². The Labute approximate surface area is 258 Å². The first-order valence-electron chi connectivity index (χ1n) is 14.4. The molecular weight excluding hydrogens is 635 g/mol. The van der Waals surface area contributed by atoms with Gasteiger partial charge in [-0.3, -0.25) is 4.79 Å². The summed E-state index contributed by atoms with van der Waals surface area (Å²) in [5.41, 5.74) is 2.90. The number of ketones is 1. The van der Waals surface area contributed by atoms with Crippen LogP contribution in [-0.4, -0.2) is 61.4 Å². The molecule has 0 spiro atoms. The number of hydrogen-bond donors (Lipinski definition) is 0. The monoisotopic (exact) mass is 678 g/mol. The Morgan fingerprint density at radius 3 is 2.07 bits per heavy atom. The van der Waals surface area contributed by atoms with Crippen molar-refractivity contribution in [3.8, 4) is 0 Å². The van der Waals surface area contributed by atoms with Crippen LogP contribution in [0.5, 0.6) is 0 Å². The minimum absolute atomic E-state index is 0.0189. The summed E-state index contributed by atoms with van der Waals surface area (Å²) >= 11 is 2.27. The molecule has 2 aliphatic carbocycles. The van der Waals surface area contributed by atoms with E-state index in [4.69, 9.17) is 28.4 Å². The minimum atomic E-state index is -0.359. The number of carbonyl (C=O) groups is 1. The van der Waals surface area contributed by atoms with Crippen LogP contribution >= 0.6 is 22.6 Å². The zero-order valence-corrected chi connectivity index (χ0v) is 26.6. The van der Waals surface area contributed by atoms with Crippen molar-refractivity contribution < 1.29 is 33.2 Å². The Kier molecular flexibility index (Phi) is 12.8. The summed E-state index contributed by atoms with van der Waals surface area (Å²) in [7, 11) is 1.62. The average molecular weight is 679 g/mol. The van der Waals surface area contributed by atoms with Crippen LogP contribution in [0, 0.1) is 17.8 Å². The Bertz CT molecular complexity index is 1100. The maximum atomic E-state index is 13.2. The first-order valence-corrected chi connectivity index (χ1v) is 16.0. The van der Waals surface area contributed by atoms with E-state index >= 15 is 0 Å². The highest BCUT2D eigenvalue weighted by Crippen LogP contribution is 2.48. The summed E-state index contributed by atoms with van der Waals surface area (Å²) in [6.45, 7) is 7.30. The van der Waals surface area contributed by atoms with Gasteiger partial charge in [0.15, 0.2) is 12.1 Å². The highest BCUT2D eigenvalue weighted by atomic mass is 127. The lowest BCUT2D eigenvalue weighted by Crippen LogP contribution is -2.59. The topological polar surface area (TPSA) is 72.5 Å². The molecule has 0 bridgehead atoms. The van der Waals surface area contributed by atoms with E-state index in [2.05, 4.69) is 53.8 Å². The fourth-order valence-electron chi connectivity index (χ4n) is 6.19. The lowest BCUT2D eigenvalue weighted by atomic mass is 9.61. The predicted molar refractivity (Wildman–Crippen MR) is 165 cm³/mol. The van der Waals surface area contributed by atoms with Crippen LogP contribution in [0.15, 0.2) is 72.3 Å². The van der Waals surface area contributed by atoms with Crippen molar-refractivity contribution >= 4 is 28.4 Å². The molecule has 0 radical (unpaired) electrons. The van der Waals surface area contributed by atoms with Crippen molar-refractivity contribution in [1.29, 1.82) is 0 Å². The van der Waals surface area contributed by atoms with Gasteiger partial charge in [0.1, 0.15) is 6.79 Å². The maximum absolute atomic E-state index is 13.2. The number of fused-ring (bicyclic) bond motifs is 1. The number of methoxy groups -OCH3 is 1. The van der Waals surface area contributed by atoms with Gasteiger partial charge in [0.2, 0.25) is 0 Å². The average Bonchev–Trinajstić information content (AvgIpc) is 2.99. The van der Waals surface area contributed by atoms with Crippen molar-refractivity contribution in [3.05, 3.63) is 83.4 Å². The van der Waals surface area contributed by atoms with Crippen LogP contribution in [0.3, 0.4) is 0 Å². The van der Waals surface area contributed by atoms with E-state index in [1.807, 2.05) is 49.4 Å². The van der Waals surface area contributed by atoms with Crippen molar-refractivity contribution in [2.45, 2.75) is 71.1 Å². The van der Waals surface area contributed by atoms with Gasteiger partial charge < -0.3 is 28.4 Å². The zero-order chi connectivity index (χ0) is 29.2. The number of carbonyl (C=O) groups excluding carboxylic acids is 1. The summed E-state index contributed by atoms with van der Waals surface area (Å²) in [6.07, 6.45) is 1.12. The van der Waals surface area contributed by atoms with E-state index in [9.17, 15) is 4.79 Å². The van der Waals surface area contributed by atoms with Crippen LogP contribution < -0.4 is 0 Å². The van der Waals surface area contributed by atoms with Crippen LogP contribution in [0.2, 0.25) is 0 Å². The van der Waals surface area contributed by atoms with Crippen LogP contribution in [0.1, 0.15) is 38.3 Å². The third-order valence-corrected chi connectivity index (χ3v) is 8.71. The maximum Gasteiger partial charge on any atom is 0.167 e. The van der Waals surface area contributed by atoms with Gasteiger partial charge in [-0.05, 0) is 49.0 Å². The van der Waals surface area contributed by atoms with E-state index < -0.39 is 0 Å². The molecule has 0 amide bonds. The first-order chi connectivity index (χ1) is 20.0. The zero-order valence-electron chi connectivity index (χ0n) is 24.4. The minimum Gasteiger partial charge on any atom is -0.373 e. The molecule has 1 unspecified atom stereocenters. The molecule has 4 rings (SSSR count). The third-order valence-electron chi connectivity index (χ3n) is 7.99. The molecule has 1 saturated carbocycles. The smallest absolute Gasteiger partial charge is 0.167 e. The fraction of sp³-hybridized carbons (Fsp3) is 0.545. The lowest BCUT2D eigenvalue weighted by molar-refractivity contribution is -0.230. The molecule has 2 aliphatic rings. The standard InChI is InChI=1S/C33H43IO7/c1-5-37-29(18-34)41-26-16-27(23(3)35)30-28(17-26)33(40-21-36-4)32(39-20-25-14-10-7-11-15-25)22(2)31(30)38-19-24-12-8-6-9-13-24/h6-16,22,26,28-33H,5,17-21H2,1-4H3/t22-,26-,28-,29?,30+,31-,32-,33-/m1/s1. The Hall–Kier alpha value is -1.66. The molecule has 8 heteroatoms. The van der Waals surface area contributed by atoms with Gasteiger partial charge in [0.25, 0.3) is 0 Å². The molecule has 1 fully saturated rings. The Morgan fingerprint density at radius 1 is 0.927 bits per heavy atom. The molecule has 0 saturated heterocycles. The quantitative estimate of drug-likeness (QED) is 0.128. The second kappa shape index (κ2) is 16.3. The number of alkyl halides is 1. The van der Waals surface area contributed by atoms with Gasteiger partial charge >= 0.3 is 0 Å². The molecule has 7 nitrogen and oxygen atoms in total. The van der Waals surface area contributed by atoms with Crippen molar-refractivity contribution in [2.24, 2.45) is 17.8 Å². The molecule has 8 atom stereocenters. The molecule has 2 aromatic rings. The molecular formula is C33H43IO7. The van der Waals surface area contributed by atoms with E-state index in [0.29, 0.717) is 30.7 Å². The summed E-state index contributed by atoms with van der Waals surface area (Å²) in [5, 5.41) is 0. The molecule has 0 aromatic heterocycles. The number of hydrogen-bond acceptors (Lipinski definition) is 7. The second-order valence-corrected chi connectivity index (χ2v) is 11.6. The summed E-state index contributed by atoms with van der Waals surface area (Å²) in [6, 6.07) is 20.3. The van der Waals surface area contributed by atoms with E-state index in [1.165, 1.54) is 0 Å². The highest BCUT2D eigenvalue weighted by Gasteiger charge is 2.54. The number of ether oxygens (including phenoxy) is 6. The first kappa shape index (κ1) is 32.3. The number of benzene rings is 2. The van der Waals surface area contributed by atoms with Crippen LogP contribution in [-0.2, 0) is 46.4 Å². The van der Waals surface area contributed by atoms with Crippen LogP contribution in [0.25, 0.3) is 0 Å². The van der Waals surface area contributed by atoms with Gasteiger partial charge in [-0.2, -0.15) is 0 Å². The molecule has 0 aliphatic heterocycles. The van der Waals surface area contributed by atoms with Crippen LogP contribution in [0.4, 0.5) is 0 Å². The van der Waals surface area contributed by atoms with Crippen molar-refractivity contribution in [1.82, 2.24) is 0 Å². The van der Waals surface area contributed by atoms with E-state index in [1.54, 1.807) is 14.0 Å². The Morgan fingerprint density at radius 2 is 1.54 bits per heavy atom. The lowest BCUT2D eigenvalue weighted by Gasteiger charge is -2.52. The van der Waals surface area contributed by atoms with Crippen molar-refractivity contribution in [3.63, 3.8) is 0 Å². The molecule has 224 valence electrons. The number of rotatable bonds is 15. The van der Waals surface area contributed by atoms with Crippen molar-refractivity contribution in [2.75, 3.05) is 24.9 Å². The molecule has 2 aromatic carbocycles. The largest absolute Gasteiger partial charge is 0.373 e. The normalized spacial score (nSPS) is 28.5. The SMILES string of the molecule is CCOC(CI)O[C@@H]1C=C(C(C)=O)[C@H]2[C@@H](C1)[C@@H](OCOC)[C@H](OCc1ccccc1)[C@H](C)[C@H]2OCc1ccccc1. The summed E-state index contributed by atoms with van der Waals surface area (Å²) in [4.78, 5) is 13.2. The molecule has 0 N–H and O–H groups in total. The Balaban J connectivity index is 1.70. The van der Waals surface area contributed by atoms with Gasteiger partial charge in [-0.15, -0.1) is 0 Å². The molecule has 0 heterocycles. The predicted octanol–water partition coefficient (Wildman–Crippen LogP) is 6.13. The van der Waals surface area contributed by atoms with Gasteiger partial charge in [-0.25, -0.2) is 0 Å². The summed E-state index contributed by atoms with van der Waals surface area (Å²) < 4.78 is 38.0. The fourth-order valence-corrected chi connectivity index (χ4v) is 6.65. The second-order valence-electron chi connectivity index (χ2n) is 10.7. The van der Waals surface area contributed by atoms with E-state index in [0.717, 1.165) is 16.7 Å². The summed E-state index contributed by atoms with van der Waals surface area (Å²) in [5.74, 6) is -0.301. The highest BCUT2D eigenvalue weighted by molar-refractivity contribution is 14.1. The third kappa shape index (κ3) is 8.46. The number of halogens is 1. The molecule has 41 heavy (non-hydrogen) atoms.